The van der Waals surface area contributed by atoms with Crippen LogP contribution in [-0.4, -0.2) is 44.5 Å². The molecule has 0 saturated carbocycles. The molecule has 2 rings (SSSR count). The Labute approximate surface area is 202 Å². The molecule has 8 heteroatoms. The van der Waals surface area contributed by atoms with E-state index >= 15 is 0 Å². The molecule has 0 fully saturated rings. The number of nitrogens with zero attached hydrogens (tertiary/aromatic N) is 1. The van der Waals surface area contributed by atoms with E-state index < -0.39 is 19.1 Å². The molecule has 0 unspecified atom stereocenters. The van der Waals surface area contributed by atoms with Crippen molar-refractivity contribution in [2.24, 2.45) is 0 Å². The number of aliphatic hydroxyl groups excluding tert-OH is 1. The summed E-state index contributed by atoms with van der Waals surface area (Å²) >= 11 is 0. The van der Waals surface area contributed by atoms with E-state index in [2.05, 4.69) is 25.3 Å². The lowest BCUT2D eigenvalue weighted by atomic mass is 10.1. The van der Waals surface area contributed by atoms with Gasteiger partial charge in [-0.15, -0.1) is 0 Å². The minimum Gasteiger partial charge on any atom is -0.497 e. The lowest BCUT2D eigenvalue weighted by molar-refractivity contribution is -0.384. The van der Waals surface area contributed by atoms with Gasteiger partial charge in [0.15, 0.2) is 0 Å². The van der Waals surface area contributed by atoms with E-state index in [9.17, 15) is 15.2 Å². The van der Waals surface area contributed by atoms with Crippen LogP contribution in [0.15, 0.2) is 72.0 Å². The molecular weight excluding hydrogens is 450 g/mol. The molecule has 0 aromatic heterocycles. The zero-order valence-corrected chi connectivity index (χ0v) is 21.4. The molecule has 0 heterocycles. The fourth-order valence-corrected chi connectivity index (χ4v) is 4.78. The second-order valence-corrected chi connectivity index (χ2v) is 14.1. The zero-order chi connectivity index (χ0) is 25.0. The molecule has 184 valence electrons. The van der Waals surface area contributed by atoms with Crippen molar-refractivity contribution in [2.45, 2.75) is 45.2 Å². The van der Waals surface area contributed by atoms with Crippen molar-refractivity contribution in [1.29, 1.82) is 0 Å². The first-order chi connectivity index (χ1) is 16.2. The molecule has 0 saturated heterocycles. The number of allylic oxidation sites excluding steroid dienone is 1. The first kappa shape index (κ1) is 27.3. The van der Waals surface area contributed by atoms with E-state index in [1.165, 1.54) is 17.7 Å². The molecule has 0 spiro atoms. The van der Waals surface area contributed by atoms with E-state index in [4.69, 9.17) is 14.2 Å². The SMILES string of the molecule is COc1ccc(COC[C@H](O)C/C(=C\[Si](C)(C)C)C/C=C/COc2ccc([N+](=O)[O-])cc2)cc1. The van der Waals surface area contributed by atoms with Gasteiger partial charge in [-0.2, -0.15) is 0 Å². The minimum atomic E-state index is -1.46. The van der Waals surface area contributed by atoms with Crippen molar-refractivity contribution in [3.8, 4) is 11.5 Å². The van der Waals surface area contributed by atoms with Crippen LogP contribution in [0.4, 0.5) is 5.69 Å². The fraction of sp³-hybridized carbons (Fsp3) is 0.385. The fourth-order valence-electron chi connectivity index (χ4n) is 3.32. The van der Waals surface area contributed by atoms with Crippen molar-refractivity contribution >= 4 is 13.8 Å². The van der Waals surface area contributed by atoms with E-state index in [0.29, 0.717) is 25.4 Å². The summed E-state index contributed by atoms with van der Waals surface area (Å²) in [6, 6.07) is 13.7. The molecule has 1 atom stereocenters. The average Bonchev–Trinajstić information content (AvgIpc) is 2.78. The van der Waals surface area contributed by atoms with Crippen LogP contribution in [-0.2, 0) is 11.3 Å². The average molecular weight is 486 g/mol. The molecule has 0 aliphatic rings. The van der Waals surface area contributed by atoms with Gasteiger partial charge >= 0.3 is 0 Å². The second-order valence-electron chi connectivity index (χ2n) is 9.13. The molecule has 0 amide bonds. The summed E-state index contributed by atoms with van der Waals surface area (Å²) in [7, 11) is 0.172. The predicted octanol–water partition coefficient (Wildman–Crippen LogP) is 5.70. The van der Waals surface area contributed by atoms with Gasteiger partial charge in [0.25, 0.3) is 5.69 Å². The summed E-state index contributed by atoms with van der Waals surface area (Å²) in [5.74, 6) is 1.38. The normalized spacial score (nSPS) is 13.1. The van der Waals surface area contributed by atoms with Crippen molar-refractivity contribution < 1.29 is 24.2 Å². The van der Waals surface area contributed by atoms with Crippen LogP contribution in [0.1, 0.15) is 18.4 Å². The molecule has 0 bridgehead atoms. The molecule has 2 aromatic rings. The van der Waals surface area contributed by atoms with Crippen LogP contribution in [0.25, 0.3) is 0 Å². The Kier molecular flexibility index (Phi) is 11.0. The van der Waals surface area contributed by atoms with Gasteiger partial charge < -0.3 is 19.3 Å². The summed E-state index contributed by atoms with van der Waals surface area (Å²) in [6.07, 6.45) is 4.66. The Hall–Kier alpha value is -2.94. The molecule has 0 aliphatic heterocycles. The largest absolute Gasteiger partial charge is 0.497 e. The quantitative estimate of drug-likeness (QED) is 0.160. The van der Waals surface area contributed by atoms with Crippen LogP contribution < -0.4 is 9.47 Å². The van der Waals surface area contributed by atoms with Crippen molar-refractivity contribution in [3.63, 3.8) is 0 Å². The smallest absolute Gasteiger partial charge is 0.269 e. The third kappa shape index (κ3) is 10.8. The zero-order valence-electron chi connectivity index (χ0n) is 20.4. The van der Waals surface area contributed by atoms with Gasteiger partial charge in [0.1, 0.15) is 18.1 Å². The predicted molar refractivity (Wildman–Crippen MR) is 137 cm³/mol. The summed E-state index contributed by atoms with van der Waals surface area (Å²) in [4.78, 5) is 10.3. The number of ether oxygens (including phenoxy) is 3. The maximum absolute atomic E-state index is 10.7. The third-order valence-electron chi connectivity index (χ3n) is 4.81. The van der Waals surface area contributed by atoms with Gasteiger partial charge in [0.2, 0.25) is 0 Å². The Bertz CT molecular complexity index is 949. The second kappa shape index (κ2) is 13.7. The maximum atomic E-state index is 10.7. The van der Waals surface area contributed by atoms with Gasteiger partial charge in [-0.1, -0.05) is 55.2 Å². The number of hydrogen-bond acceptors (Lipinski definition) is 6. The molecule has 0 aliphatic carbocycles. The molecule has 34 heavy (non-hydrogen) atoms. The Morgan fingerprint density at radius 2 is 1.71 bits per heavy atom. The summed E-state index contributed by atoms with van der Waals surface area (Å²) in [6.45, 7) is 7.87. The number of methoxy groups -OCH3 is 1. The van der Waals surface area contributed by atoms with Crippen molar-refractivity contribution in [2.75, 3.05) is 20.3 Å². The summed E-state index contributed by atoms with van der Waals surface area (Å²) < 4.78 is 16.5. The molecular formula is C26H35NO6Si. The van der Waals surface area contributed by atoms with E-state index in [0.717, 1.165) is 17.7 Å². The summed E-state index contributed by atoms with van der Waals surface area (Å²) in [5.41, 5.74) is 4.57. The van der Waals surface area contributed by atoms with E-state index in [1.807, 2.05) is 36.4 Å². The number of hydrogen-bond donors (Lipinski definition) is 1. The maximum Gasteiger partial charge on any atom is 0.269 e. The standard InChI is InChI=1S/C26H35NO6Si/c1-31-25-12-8-21(9-13-25)18-32-19-24(28)17-22(20-34(2,3)4)7-5-6-16-33-26-14-10-23(11-15-26)27(29)30/h5-6,8-15,20,24,28H,7,16-19H2,1-4H3/b6-5+,22-20-/t24-/m1/s1. The Morgan fingerprint density at radius 3 is 2.29 bits per heavy atom. The highest BCUT2D eigenvalue weighted by atomic mass is 28.3. The highest BCUT2D eigenvalue weighted by Gasteiger charge is 2.14. The molecule has 7 nitrogen and oxygen atoms in total. The lowest BCUT2D eigenvalue weighted by Gasteiger charge is -2.17. The monoisotopic (exact) mass is 485 g/mol. The van der Waals surface area contributed by atoms with Crippen LogP contribution in [0, 0.1) is 10.1 Å². The topological polar surface area (TPSA) is 91.1 Å². The molecule has 0 radical (unpaired) electrons. The highest BCUT2D eigenvalue weighted by Crippen LogP contribution is 2.19. The number of nitro groups is 1. The Morgan fingerprint density at radius 1 is 1.06 bits per heavy atom. The van der Waals surface area contributed by atoms with Crippen LogP contribution in [0.2, 0.25) is 19.6 Å². The van der Waals surface area contributed by atoms with Crippen molar-refractivity contribution in [3.05, 3.63) is 87.6 Å². The van der Waals surface area contributed by atoms with Gasteiger partial charge in [0.05, 0.1) is 39.4 Å². The molecule has 2 aromatic carbocycles. The first-order valence-corrected chi connectivity index (χ1v) is 14.9. The van der Waals surface area contributed by atoms with E-state index in [1.54, 1.807) is 19.2 Å². The van der Waals surface area contributed by atoms with Crippen molar-refractivity contribution in [1.82, 2.24) is 0 Å². The Balaban J connectivity index is 1.80. The third-order valence-corrected chi connectivity index (χ3v) is 6.09. The van der Waals surface area contributed by atoms with E-state index in [-0.39, 0.29) is 12.3 Å². The van der Waals surface area contributed by atoms with Gasteiger partial charge in [-0.3, -0.25) is 10.1 Å². The van der Waals surface area contributed by atoms with Gasteiger partial charge in [-0.25, -0.2) is 0 Å². The molecule has 1 N–H and O–H groups in total. The lowest BCUT2D eigenvalue weighted by Crippen LogP contribution is -2.20. The van der Waals surface area contributed by atoms with Gasteiger partial charge in [-0.05, 0) is 42.7 Å². The van der Waals surface area contributed by atoms with Gasteiger partial charge in [0, 0.05) is 12.1 Å². The van der Waals surface area contributed by atoms with Crippen LogP contribution >= 0.6 is 0 Å². The number of rotatable bonds is 14. The van der Waals surface area contributed by atoms with Crippen LogP contribution in [0.3, 0.4) is 0 Å². The number of non-ortho nitro benzene ring substituents is 1. The minimum absolute atomic E-state index is 0.0376. The number of benzene rings is 2. The summed E-state index contributed by atoms with van der Waals surface area (Å²) in [5, 5.41) is 21.2. The first-order valence-electron chi connectivity index (χ1n) is 11.3. The number of nitro benzene ring substituents is 1. The van der Waals surface area contributed by atoms with Crippen LogP contribution in [0.5, 0.6) is 11.5 Å². The number of aliphatic hydroxyl groups is 1. The highest BCUT2D eigenvalue weighted by molar-refractivity contribution is 6.81.